The van der Waals surface area contributed by atoms with E-state index >= 15 is 0 Å². The highest BCUT2D eigenvalue weighted by atomic mass is 19.4. The number of piperazine rings is 1. The normalized spacial score (nSPS) is 17.6. The Morgan fingerprint density at radius 3 is 2.53 bits per heavy atom. The molecule has 1 N–H and O–H groups in total. The summed E-state index contributed by atoms with van der Waals surface area (Å²) in [4.78, 5) is 11.7. The quantitative estimate of drug-likeness (QED) is 0.898. The van der Waals surface area contributed by atoms with E-state index in [2.05, 4.69) is 15.3 Å². The van der Waals surface area contributed by atoms with Crippen molar-refractivity contribution >= 4 is 11.8 Å². The van der Waals surface area contributed by atoms with Crippen molar-refractivity contribution in [3.63, 3.8) is 0 Å². The summed E-state index contributed by atoms with van der Waals surface area (Å²) >= 11 is 0. The number of nitrogens with zero attached hydrogens (tertiary/aromatic N) is 4. The number of anilines is 2. The molecule has 2 rings (SSSR count). The van der Waals surface area contributed by atoms with E-state index in [9.17, 15) is 13.2 Å². The second kappa shape index (κ2) is 5.60. The van der Waals surface area contributed by atoms with Gasteiger partial charge in [0.2, 0.25) is 5.95 Å². The van der Waals surface area contributed by atoms with E-state index in [1.54, 1.807) is 19.3 Å². The Morgan fingerprint density at radius 2 is 1.95 bits per heavy atom. The highest BCUT2D eigenvalue weighted by molar-refractivity contribution is 5.42. The number of rotatable bonds is 3. The van der Waals surface area contributed by atoms with Crippen LogP contribution in [-0.2, 0) is 0 Å². The molecule has 0 atom stereocenters. The van der Waals surface area contributed by atoms with Gasteiger partial charge in [-0.15, -0.1) is 0 Å². The minimum Gasteiger partial charge on any atom is -0.357 e. The van der Waals surface area contributed by atoms with Crippen molar-refractivity contribution in [3.8, 4) is 0 Å². The van der Waals surface area contributed by atoms with Gasteiger partial charge < -0.3 is 10.2 Å². The minimum absolute atomic E-state index is 0.387. The number of alkyl halides is 3. The van der Waals surface area contributed by atoms with Gasteiger partial charge in [-0.05, 0) is 6.07 Å². The molecule has 0 radical (unpaired) electrons. The molecule has 106 valence electrons. The molecule has 1 aliphatic heterocycles. The first kappa shape index (κ1) is 13.9. The zero-order valence-corrected chi connectivity index (χ0v) is 10.6. The van der Waals surface area contributed by atoms with Crippen molar-refractivity contribution in [2.75, 3.05) is 50.0 Å². The third-order valence-electron chi connectivity index (χ3n) is 2.96. The molecule has 0 spiro atoms. The summed E-state index contributed by atoms with van der Waals surface area (Å²) in [5.74, 6) is 1.25. The molecule has 19 heavy (non-hydrogen) atoms. The SMILES string of the molecule is CNc1nccc(N2CCN(CC(F)(F)F)CC2)n1. The maximum absolute atomic E-state index is 12.3. The molecule has 1 fully saturated rings. The van der Waals surface area contributed by atoms with Crippen LogP contribution < -0.4 is 10.2 Å². The number of nitrogens with one attached hydrogen (secondary N) is 1. The van der Waals surface area contributed by atoms with Crippen molar-refractivity contribution in [3.05, 3.63) is 12.3 Å². The molecule has 0 saturated carbocycles. The van der Waals surface area contributed by atoms with Crippen molar-refractivity contribution in [2.24, 2.45) is 0 Å². The fraction of sp³-hybridized carbons (Fsp3) is 0.636. The summed E-state index contributed by atoms with van der Waals surface area (Å²) in [5, 5.41) is 2.84. The molecule has 0 bridgehead atoms. The molecule has 0 amide bonds. The van der Waals surface area contributed by atoms with E-state index in [1.165, 1.54) is 4.90 Å². The number of aromatic nitrogens is 2. The summed E-state index contributed by atoms with van der Waals surface area (Å²) in [5.41, 5.74) is 0. The molecule has 2 heterocycles. The summed E-state index contributed by atoms with van der Waals surface area (Å²) in [6.45, 7) is 1.01. The maximum Gasteiger partial charge on any atom is 0.401 e. The van der Waals surface area contributed by atoms with Crippen molar-refractivity contribution < 1.29 is 13.2 Å². The maximum atomic E-state index is 12.3. The lowest BCUT2D eigenvalue weighted by Crippen LogP contribution is -2.49. The van der Waals surface area contributed by atoms with Crippen molar-refractivity contribution in [2.45, 2.75) is 6.18 Å². The summed E-state index contributed by atoms with van der Waals surface area (Å²) in [6, 6.07) is 1.76. The monoisotopic (exact) mass is 275 g/mol. The van der Waals surface area contributed by atoms with Gasteiger partial charge in [-0.3, -0.25) is 4.90 Å². The zero-order chi connectivity index (χ0) is 13.9. The van der Waals surface area contributed by atoms with Crippen molar-refractivity contribution in [1.29, 1.82) is 0 Å². The molecule has 1 aromatic rings. The van der Waals surface area contributed by atoms with Crippen LogP contribution in [0.1, 0.15) is 0 Å². The highest BCUT2D eigenvalue weighted by Gasteiger charge is 2.32. The van der Waals surface area contributed by atoms with Crippen molar-refractivity contribution in [1.82, 2.24) is 14.9 Å². The summed E-state index contributed by atoms with van der Waals surface area (Å²) in [6.07, 6.45) is -2.49. The van der Waals surface area contributed by atoms with Crippen LogP contribution in [0.15, 0.2) is 12.3 Å². The van der Waals surface area contributed by atoms with Crippen LogP contribution in [0.4, 0.5) is 24.9 Å². The third-order valence-corrected chi connectivity index (χ3v) is 2.96. The first-order valence-electron chi connectivity index (χ1n) is 6.03. The van der Waals surface area contributed by atoms with Crippen LogP contribution in [0.3, 0.4) is 0 Å². The van der Waals surface area contributed by atoms with Gasteiger partial charge in [-0.25, -0.2) is 4.98 Å². The van der Waals surface area contributed by atoms with Crippen LogP contribution in [0.2, 0.25) is 0 Å². The van der Waals surface area contributed by atoms with Crippen LogP contribution in [0.5, 0.6) is 0 Å². The average molecular weight is 275 g/mol. The Morgan fingerprint density at radius 1 is 1.26 bits per heavy atom. The van der Waals surface area contributed by atoms with Gasteiger partial charge in [0.15, 0.2) is 0 Å². The van der Waals surface area contributed by atoms with E-state index in [-0.39, 0.29) is 0 Å². The minimum atomic E-state index is -4.13. The molecule has 1 aliphatic rings. The smallest absolute Gasteiger partial charge is 0.357 e. The lowest BCUT2D eigenvalue weighted by molar-refractivity contribution is -0.146. The number of hydrogen-bond acceptors (Lipinski definition) is 5. The third kappa shape index (κ3) is 3.95. The molecule has 1 aromatic heterocycles. The van der Waals surface area contributed by atoms with Gasteiger partial charge >= 0.3 is 6.18 Å². The summed E-state index contributed by atoms with van der Waals surface area (Å²) < 4.78 is 36.8. The number of hydrogen-bond donors (Lipinski definition) is 1. The topological polar surface area (TPSA) is 44.3 Å². The zero-order valence-electron chi connectivity index (χ0n) is 10.6. The average Bonchev–Trinajstić information content (AvgIpc) is 2.38. The lowest BCUT2D eigenvalue weighted by atomic mass is 10.3. The van der Waals surface area contributed by atoms with Gasteiger partial charge in [-0.1, -0.05) is 0 Å². The molecule has 0 unspecified atom stereocenters. The summed E-state index contributed by atoms with van der Waals surface area (Å²) in [7, 11) is 1.72. The Bertz CT molecular complexity index is 415. The molecular formula is C11H16F3N5. The van der Waals surface area contributed by atoms with Gasteiger partial charge in [0.1, 0.15) is 5.82 Å². The van der Waals surface area contributed by atoms with Gasteiger partial charge in [-0.2, -0.15) is 18.2 Å². The molecule has 5 nitrogen and oxygen atoms in total. The fourth-order valence-electron chi connectivity index (χ4n) is 2.03. The van der Waals surface area contributed by atoms with Gasteiger partial charge in [0.25, 0.3) is 0 Å². The van der Waals surface area contributed by atoms with Gasteiger partial charge in [0.05, 0.1) is 6.54 Å². The highest BCUT2D eigenvalue weighted by Crippen LogP contribution is 2.19. The van der Waals surface area contributed by atoms with Gasteiger partial charge in [0, 0.05) is 39.4 Å². The second-order valence-corrected chi connectivity index (χ2v) is 4.37. The lowest BCUT2D eigenvalue weighted by Gasteiger charge is -2.35. The predicted octanol–water partition coefficient (Wildman–Crippen LogP) is 1.20. The predicted molar refractivity (Wildman–Crippen MR) is 66.3 cm³/mol. The first-order valence-corrected chi connectivity index (χ1v) is 6.03. The molecule has 1 saturated heterocycles. The second-order valence-electron chi connectivity index (χ2n) is 4.37. The molecule has 0 aliphatic carbocycles. The molecule has 0 aromatic carbocycles. The standard InChI is InChI=1S/C11H16F3N5/c1-15-10-16-3-2-9(17-10)19-6-4-18(5-7-19)8-11(12,13)14/h2-3H,4-8H2,1H3,(H,15,16,17). The van der Waals surface area contributed by atoms with E-state index in [0.29, 0.717) is 32.1 Å². The molecular weight excluding hydrogens is 259 g/mol. The van der Waals surface area contributed by atoms with E-state index in [0.717, 1.165) is 5.82 Å². The van der Waals surface area contributed by atoms with Crippen LogP contribution in [-0.4, -0.2) is 60.8 Å². The number of halogens is 3. The van der Waals surface area contributed by atoms with Crippen LogP contribution >= 0.6 is 0 Å². The molecule has 8 heteroatoms. The van der Waals surface area contributed by atoms with Crippen LogP contribution in [0.25, 0.3) is 0 Å². The first-order chi connectivity index (χ1) is 8.98. The van der Waals surface area contributed by atoms with E-state index in [4.69, 9.17) is 0 Å². The fourth-order valence-corrected chi connectivity index (χ4v) is 2.03. The largest absolute Gasteiger partial charge is 0.401 e. The van der Waals surface area contributed by atoms with E-state index < -0.39 is 12.7 Å². The Hall–Kier alpha value is -1.57. The van der Waals surface area contributed by atoms with Crippen LogP contribution in [0, 0.1) is 0 Å². The Labute approximate surface area is 109 Å². The van der Waals surface area contributed by atoms with E-state index in [1.807, 2.05) is 4.90 Å². The Balaban J connectivity index is 1.92. The Kier molecular flexibility index (Phi) is 4.08.